The number of rotatable bonds is 6. The fourth-order valence-electron chi connectivity index (χ4n) is 2.54. The molecule has 112 valence electrons. The summed E-state index contributed by atoms with van der Waals surface area (Å²) < 4.78 is 0. The zero-order chi connectivity index (χ0) is 14.5. The van der Waals surface area contributed by atoms with Gasteiger partial charge in [0.2, 0.25) is 17.2 Å². The van der Waals surface area contributed by atoms with E-state index in [2.05, 4.69) is 20.3 Å². The third-order valence-corrected chi connectivity index (χ3v) is 3.95. The maximum absolute atomic E-state index is 9.81. The molecule has 1 aliphatic rings. The van der Waals surface area contributed by atoms with E-state index < -0.39 is 0 Å². The SMILES string of the molecule is CCN(CC)c1nc(Cl)nc(NCC2CCCC2O)n1. The van der Waals surface area contributed by atoms with Gasteiger partial charge in [-0.15, -0.1) is 0 Å². The number of nitrogens with one attached hydrogen (secondary N) is 1. The number of aliphatic hydroxyl groups excluding tert-OH is 1. The number of halogens is 1. The number of hydrogen-bond donors (Lipinski definition) is 2. The van der Waals surface area contributed by atoms with Crippen LogP contribution in [0, 0.1) is 5.92 Å². The molecule has 0 saturated heterocycles. The van der Waals surface area contributed by atoms with E-state index in [-0.39, 0.29) is 17.3 Å². The van der Waals surface area contributed by atoms with Gasteiger partial charge in [0.25, 0.3) is 0 Å². The van der Waals surface area contributed by atoms with E-state index in [0.717, 1.165) is 32.4 Å². The van der Waals surface area contributed by atoms with Crippen molar-refractivity contribution >= 4 is 23.5 Å². The molecule has 2 N–H and O–H groups in total. The van der Waals surface area contributed by atoms with Crippen molar-refractivity contribution in [2.75, 3.05) is 29.9 Å². The summed E-state index contributed by atoms with van der Waals surface area (Å²) in [5.74, 6) is 1.33. The van der Waals surface area contributed by atoms with Gasteiger partial charge in [-0.25, -0.2) is 0 Å². The fourth-order valence-corrected chi connectivity index (χ4v) is 2.70. The summed E-state index contributed by atoms with van der Waals surface area (Å²) >= 11 is 5.95. The molecule has 0 amide bonds. The van der Waals surface area contributed by atoms with Crippen LogP contribution >= 0.6 is 11.6 Å². The Balaban J connectivity index is 2.03. The molecule has 2 rings (SSSR count). The van der Waals surface area contributed by atoms with E-state index in [9.17, 15) is 5.11 Å². The molecule has 20 heavy (non-hydrogen) atoms. The van der Waals surface area contributed by atoms with Gasteiger partial charge < -0.3 is 15.3 Å². The Morgan fingerprint density at radius 3 is 2.60 bits per heavy atom. The van der Waals surface area contributed by atoms with Crippen molar-refractivity contribution in [2.24, 2.45) is 5.92 Å². The molecular weight excluding hydrogens is 278 g/mol. The maximum Gasteiger partial charge on any atom is 0.231 e. The van der Waals surface area contributed by atoms with Crippen molar-refractivity contribution in [2.45, 2.75) is 39.2 Å². The van der Waals surface area contributed by atoms with Crippen molar-refractivity contribution in [3.63, 3.8) is 0 Å². The number of hydrogen-bond acceptors (Lipinski definition) is 6. The Morgan fingerprint density at radius 2 is 2.00 bits per heavy atom. The van der Waals surface area contributed by atoms with Gasteiger partial charge in [0, 0.05) is 25.6 Å². The molecule has 1 fully saturated rings. The Bertz CT molecular complexity index is 441. The second kappa shape index (κ2) is 7.04. The highest BCUT2D eigenvalue weighted by atomic mass is 35.5. The quantitative estimate of drug-likeness (QED) is 0.836. The standard InChI is InChI=1S/C13H22ClN5O/c1-3-19(4-2)13-17-11(14)16-12(18-13)15-8-9-6-5-7-10(9)20/h9-10,20H,3-8H2,1-2H3,(H,15,16,17,18). The normalized spacial score (nSPS) is 22.0. The highest BCUT2D eigenvalue weighted by Gasteiger charge is 2.25. The monoisotopic (exact) mass is 299 g/mol. The minimum Gasteiger partial charge on any atom is -0.393 e. The van der Waals surface area contributed by atoms with Gasteiger partial charge in [-0.2, -0.15) is 15.0 Å². The first-order valence-corrected chi connectivity index (χ1v) is 7.60. The fraction of sp³-hybridized carbons (Fsp3) is 0.769. The van der Waals surface area contributed by atoms with Crippen LogP contribution in [0.5, 0.6) is 0 Å². The minimum absolute atomic E-state index is 0.191. The summed E-state index contributed by atoms with van der Waals surface area (Å²) in [6.07, 6.45) is 2.78. The van der Waals surface area contributed by atoms with Gasteiger partial charge >= 0.3 is 0 Å². The topological polar surface area (TPSA) is 74.2 Å². The Kier molecular flexibility index (Phi) is 5.37. The first kappa shape index (κ1) is 15.3. The van der Waals surface area contributed by atoms with Gasteiger partial charge in [-0.3, -0.25) is 0 Å². The third-order valence-electron chi connectivity index (χ3n) is 3.78. The molecule has 0 aromatic carbocycles. The van der Waals surface area contributed by atoms with Gasteiger partial charge in [0.15, 0.2) is 0 Å². The van der Waals surface area contributed by atoms with Crippen LogP contribution in [0.4, 0.5) is 11.9 Å². The molecule has 1 saturated carbocycles. The molecule has 1 aromatic heterocycles. The summed E-state index contributed by atoms with van der Waals surface area (Å²) in [5, 5.41) is 13.2. The maximum atomic E-state index is 9.81. The van der Waals surface area contributed by atoms with E-state index in [1.165, 1.54) is 0 Å². The van der Waals surface area contributed by atoms with Crippen molar-refractivity contribution in [1.29, 1.82) is 0 Å². The molecular formula is C13H22ClN5O. The predicted molar refractivity (Wildman–Crippen MR) is 80.2 cm³/mol. The molecule has 1 aromatic rings. The molecule has 2 unspecified atom stereocenters. The number of nitrogens with zero attached hydrogens (tertiary/aromatic N) is 4. The molecule has 2 atom stereocenters. The number of aliphatic hydroxyl groups is 1. The smallest absolute Gasteiger partial charge is 0.231 e. The lowest BCUT2D eigenvalue weighted by atomic mass is 10.1. The summed E-state index contributed by atoms with van der Waals surface area (Å²) in [4.78, 5) is 14.7. The summed E-state index contributed by atoms with van der Waals surface area (Å²) in [5.41, 5.74) is 0. The summed E-state index contributed by atoms with van der Waals surface area (Å²) in [6, 6.07) is 0. The van der Waals surface area contributed by atoms with Crippen LogP contribution in [0.25, 0.3) is 0 Å². The van der Waals surface area contributed by atoms with E-state index in [1.807, 2.05) is 18.7 Å². The predicted octanol–water partition coefficient (Wildman–Crippen LogP) is 1.94. The van der Waals surface area contributed by atoms with Gasteiger partial charge in [-0.1, -0.05) is 6.42 Å². The lowest BCUT2D eigenvalue weighted by Gasteiger charge is -2.19. The van der Waals surface area contributed by atoms with Crippen molar-refractivity contribution in [3.05, 3.63) is 5.28 Å². The molecule has 0 radical (unpaired) electrons. The van der Waals surface area contributed by atoms with E-state index in [0.29, 0.717) is 18.4 Å². The summed E-state index contributed by atoms with van der Waals surface area (Å²) in [7, 11) is 0. The lowest BCUT2D eigenvalue weighted by Crippen LogP contribution is -2.26. The van der Waals surface area contributed by atoms with Gasteiger partial charge in [0.05, 0.1) is 6.10 Å². The Labute approximate surface area is 124 Å². The second-order valence-electron chi connectivity index (χ2n) is 5.04. The van der Waals surface area contributed by atoms with E-state index in [4.69, 9.17) is 11.6 Å². The average Bonchev–Trinajstić information content (AvgIpc) is 2.83. The van der Waals surface area contributed by atoms with Crippen LogP contribution < -0.4 is 10.2 Å². The largest absolute Gasteiger partial charge is 0.393 e. The minimum atomic E-state index is -0.220. The lowest BCUT2D eigenvalue weighted by molar-refractivity contribution is 0.138. The van der Waals surface area contributed by atoms with Crippen molar-refractivity contribution in [1.82, 2.24) is 15.0 Å². The van der Waals surface area contributed by atoms with Crippen LogP contribution in [0.2, 0.25) is 5.28 Å². The van der Waals surface area contributed by atoms with Crippen LogP contribution in [0.15, 0.2) is 0 Å². The number of anilines is 2. The zero-order valence-electron chi connectivity index (χ0n) is 12.0. The molecule has 6 nitrogen and oxygen atoms in total. The van der Waals surface area contributed by atoms with E-state index >= 15 is 0 Å². The Morgan fingerprint density at radius 1 is 1.25 bits per heavy atom. The van der Waals surface area contributed by atoms with Crippen molar-refractivity contribution in [3.8, 4) is 0 Å². The molecule has 7 heteroatoms. The number of aromatic nitrogens is 3. The third kappa shape index (κ3) is 3.70. The molecule has 1 heterocycles. The van der Waals surface area contributed by atoms with Gasteiger partial charge in [-0.05, 0) is 38.3 Å². The van der Waals surface area contributed by atoms with Crippen LogP contribution in [0.1, 0.15) is 33.1 Å². The first-order chi connectivity index (χ1) is 9.63. The van der Waals surface area contributed by atoms with Crippen LogP contribution in [0.3, 0.4) is 0 Å². The van der Waals surface area contributed by atoms with Crippen molar-refractivity contribution < 1.29 is 5.11 Å². The summed E-state index contributed by atoms with van der Waals surface area (Å²) in [6.45, 7) is 6.39. The molecule has 1 aliphatic carbocycles. The van der Waals surface area contributed by atoms with Crippen LogP contribution in [-0.2, 0) is 0 Å². The molecule has 0 aliphatic heterocycles. The second-order valence-corrected chi connectivity index (χ2v) is 5.38. The van der Waals surface area contributed by atoms with Gasteiger partial charge in [0.1, 0.15) is 0 Å². The zero-order valence-corrected chi connectivity index (χ0v) is 12.8. The molecule has 0 bridgehead atoms. The highest BCUT2D eigenvalue weighted by Crippen LogP contribution is 2.25. The molecule has 0 spiro atoms. The van der Waals surface area contributed by atoms with E-state index in [1.54, 1.807) is 0 Å². The van der Waals surface area contributed by atoms with Crippen LogP contribution in [-0.4, -0.2) is 45.8 Å². The Hall–Kier alpha value is -1.14. The average molecular weight is 300 g/mol. The highest BCUT2D eigenvalue weighted by molar-refractivity contribution is 6.28. The first-order valence-electron chi connectivity index (χ1n) is 7.22.